The van der Waals surface area contributed by atoms with Crippen LogP contribution in [-0.2, 0) is 10.0 Å². The van der Waals surface area contributed by atoms with Gasteiger partial charge in [-0.25, -0.2) is 17.5 Å². The van der Waals surface area contributed by atoms with E-state index >= 15 is 0 Å². The molecule has 1 aliphatic carbocycles. The average Bonchev–Trinajstić information content (AvgIpc) is 2.68. The van der Waals surface area contributed by atoms with Gasteiger partial charge in [-0.05, 0) is 31.0 Å². The smallest absolute Gasteiger partial charge is 0.243 e. The predicted octanol–water partition coefficient (Wildman–Crippen LogP) is 1.40. The lowest BCUT2D eigenvalue weighted by Gasteiger charge is -2.13. The molecule has 1 aliphatic rings. The van der Waals surface area contributed by atoms with Crippen LogP contribution in [0, 0.1) is 5.82 Å². The van der Waals surface area contributed by atoms with E-state index in [1.165, 1.54) is 12.1 Å². The molecule has 1 aromatic rings. The van der Waals surface area contributed by atoms with Crippen LogP contribution in [0.15, 0.2) is 35.2 Å². The van der Waals surface area contributed by atoms with Gasteiger partial charge in [0.1, 0.15) is 10.7 Å². The molecule has 0 spiro atoms. The number of anilines is 1. The van der Waals surface area contributed by atoms with Crippen molar-refractivity contribution in [3.63, 3.8) is 0 Å². The molecular weight excluding hydrogens is 243 g/mol. The molecule has 0 unspecified atom stereocenters. The summed E-state index contributed by atoms with van der Waals surface area (Å²) < 4.78 is 39.8. The Balaban J connectivity index is 2.25. The van der Waals surface area contributed by atoms with Crippen molar-refractivity contribution in [3.05, 3.63) is 36.2 Å². The van der Waals surface area contributed by atoms with Crippen molar-refractivity contribution >= 4 is 15.7 Å². The minimum atomic E-state index is -3.81. The Bertz CT molecular complexity index is 547. The lowest BCUT2D eigenvalue weighted by Crippen LogP contribution is -2.33. The summed E-state index contributed by atoms with van der Waals surface area (Å²) in [6.07, 6.45) is 5.06. The Morgan fingerprint density at radius 1 is 1.29 bits per heavy atom. The fourth-order valence-electron chi connectivity index (χ4n) is 1.73. The summed E-state index contributed by atoms with van der Waals surface area (Å²) in [6, 6.07) is 3.36. The quantitative estimate of drug-likeness (QED) is 0.634. The molecule has 1 aromatic carbocycles. The van der Waals surface area contributed by atoms with Crippen LogP contribution in [0.3, 0.4) is 0 Å². The van der Waals surface area contributed by atoms with Crippen molar-refractivity contribution in [2.75, 3.05) is 5.73 Å². The number of benzene rings is 1. The summed E-state index contributed by atoms with van der Waals surface area (Å²) in [5, 5.41) is 0. The number of halogens is 1. The molecule has 17 heavy (non-hydrogen) atoms. The number of sulfonamides is 1. The summed E-state index contributed by atoms with van der Waals surface area (Å²) in [4.78, 5) is -0.362. The number of rotatable bonds is 3. The zero-order chi connectivity index (χ0) is 12.5. The number of nitrogen functional groups attached to an aromatic ring is 1. The van der Waals surface area contributed by atoms with Gasteiger partial charge in [0, 0.05) is 11.7 Å². The van der Waals surface area contributed by atoms with Crippen molar-refractivity contribution in [2.24, 2.45) is 0 Å². The maximum absolute atomic E-state index is 13.5. The van der Waals surface area contributed by atoms with E-state index in [2.05, 4.69) is 4.72 Å². The van der Waals surface area contributed by atoms with E-state index < -0.39 is 15.8 Å². The number of nitrogens with two attached hydrogens (primary N) is 1. The van der Waals surface area contributed by atoms with Crippen LogP contribution in [-0.4, -0.2) is 14.5 Å². The zero-order valence-electron chi connectivity index (χ0n) is 9.06. The average molecular weight is 256 g/mol. The summed E-state index contributed by atoms with van der Waals surface area (Å²) in [7, 11) is -3.81. The molecule has 0 saturated heterocycles. The van der Waals surface area contributed by atoms with Gasteiger partial charge in [0.2, 0.25) is 10.0 Å². The molecule has 2 rings (SSSR count). The van der Waals surface area contributed by atoms with E-state index in [0.717, 1.165) is 6.07 Å². The molecule has 0 aromatic heterocycles. The molecule has 0 amide bonds. The standard InChI is InChI=1S/C11H13FN2O2S/c12-10-7-8(13)5-6-11(10)17(15,16)14-9-3-1-2-4-9/h1-2,5-7,9,14H,3-4,13H2. The molecule has 6 heteroatoms. The fourth-order valence-corrected chi connectivity index (χ4v) is 3.05. The second-order valence-corrected chi connectivity index (χ2v) is 5.63. The minimum Gasteiger partial charge on any atom is -0.399 e. The van der Waals surface area contributed by atoms with E-state index in [-0.39, 0.29) is 16.6 Å². The molecule has 0 fully saturated rings. The van der Waals surface area contributed by atoms with E-state index in [1.807, 2.05) is 12.2 Å². The molecule has 0 saturated carbocycles. The van der Waals surface area contributed by atoms with Gasteiger partial charge in [0.25, 0.3) is 0 Å². The second kappa shape index (κ2) is 4.46. The van der Waals surface area contributed by atoms with Crippen LogP contribution < -0.4 is 10.5 Å². The van der Waals surface area contributed by atoms with Crippen molar-refractivity contribution in [1.29, 1.82) is 0 Å². The number of hydrogen-bond donors (Lipinski definition) is 2. The summed E-state index contributed by atoms with van der Waals surface area (Å²) in [5.41, 5.74) is 5.57. The first-order chi connectivity index (χ1) is 7.99. The molecule has 0 bridgehead atoms. The van der Waals surface area contributed by atoms with Crippen LogP contribution in [0.2, 0.25) is 0 Å². The molecule has 0 heterocycles. The van der Waals surface area contributed by atoms with E-state index in [4.69, 9.17) is 5.73 Å². The van der Waals surface area contributed by atoms with Gasteiger partial charge in [0.05, 0.1) is 0 Å². The molecule has 3 N–H and O–H groups in total. The third-order valence-electron chi connectivity index (χ3n) is 2.58. The maximum atomic E-state index is 13.5. The van der Waals surface area contributed by atoms with Crippen molar-refractivity contribution in [2.45, 2.75) is 23.8 Å². The Morgan fingerprint density at radius 2 is 1.94 bits per heavy atom. The van der Waals surface area contributed by atoms with Gasteiger partial charge in [-0.1, -0.05) is 12.2 Å². The van der Waals surface area contributed by atoms with Crippen LogP contribution in [0.1, 0.15) is 12.8 Å². The molecular formula is C11H13FN2O2S. The van der Waals surface area contributed by atoms with Gasteiger partial charge in [-0.2, -0.15) is 0 Å². The summed E-state index contributed by atoms with van der Waals surface area (Å²) >= 11 is 0. The molecule has 0 radical (unpaired) electrons. The largest absolute Gasteiger partial charge is 0.399 e. The second-order valence-electron chi connectivity index (χ2n) is 3.95. The molecule has 0 aliphatic heterocycles. The van der Waals surface area contributed by atoms with Crippen LogP contribution >= 0.6 is 0 Å². The van der Waals surface area contributed by atoms with Gasteiger partial charge < -0.3 is 5.73 Å². The number of hydrogen-bond acceptors (Lipinski definition) is 3. The predicted molar refractivity (Wildman–Crippen MR) is 63.3 cm³/mol. The Kier molecular flexibility index (Phi) is 3.17. The van der Waals surface area contributed by atoms with Crippen molar-refractivity contribution < 1.29 is 12.8 Å². The normalized spacial score (nSPS) is 16.5. The molecule has 92 valence electrons. The lowest BCUT2D eigenvalue weighted by molar-refractivity contribution is 0.541. The van der Waals surface area contributed by atoms with E-state index in [0.29, 0.717) is 12.8 Å². The fraction of sp³-hybridized carbons (Fsp3) is 0.273. The van der Waals surface area contributed by atoms with Crippen LogP contribution in [0.5, 0.6) is 0 Å². The lowest BCUT2D eigenvalue weighted by atomic mass is 10.3. The Labute approximate surface area is 99.4 Å². The van der Waals surface area contributed by atoms with Crippen molar-refractivity contribution in [3.8, 4) is 0 Å². The monoisotopic (exact) mass is 256 g/mol. The highest BCUT2D eigenvalue weighted by Crippen LogP contribution is 2.19. The highest BCUT2D eigenvalue weighted by atomic mass is 32.2. The van der Waals surface area contributed by atoms with Crippen LogP contribution in [0.4, 0.5) is 10.1 Å². The summed E-state index contributed by atoms with van der Waals surface area (Å²) in [6.45, 7) is 0. The van der Waals surface area contributed by atoms with E-state index in [1.54, 1.807) is 0 Å². The zero-order valence-corrected chi connectivity index (χ0v) is 9.87. The first kappa shape index (κ1) is 12.1. The maximum Gasteiger partial charge on any atom is 0.243 e. The highest BCUT2D eigenvalue weighted by molar-refractivity contribution is 7.89. The van der Waals surface area contributed by atoms with Gasteiger partial charge in [-0.15, -0.1) is 0 Å². The third-order valence-corrected chi connectivity index (χ3v) is 4.13. The molecule has 4 nitrogen and oxygen atoms in total. The van der Waals surface area contributed by atoms with E-state index in [9.17, 15) is 12.8 Å². The third kappa shape index (κ3) is 2.65. The van der Waals surface area contributed by atoms with Crippen LogP contribution in [0.25, 0.3) is 0 Å². The Hall–Kier alpha value is -1.40. The topological polar surface area (TPSA) is 72.2 Å². The highest BCUT2D eigenvalue weighted by Gasteiger charge is 2.23. The first-order valence-corrected chi connectivity index (χ1v) is 6.70. The van der Waals surface area contributed by atoms with Gasteiger partial charge in [0.15, 0.2) is 0 Å². The Morgan fingerprint density at radius 3 is 2.53 bits per heavy atom. The molecule has 0 atom stereocenters. The minimum absolute atomic E-state index is 0.183. The van der Waals surface area contributed by atoms with Gasteiger partial charge >= 0.3 is 0 Å². The SMILES string of the molecule is Nc1ccc(S(=O)(=O)NC2CC=CC2)c(F)c1. The number of nitrogens with one attached hydrogen (secondary N) is 1. The first-order valence-electron chi connectivity index (χ1n) is 5.21. The van der Waals surface area contributed by atoms with Gasteiger partial charge in [-0.3, -0.25) is 0 Å². The summed E-state index contributed by atoms with van der Waals surface area (Å²) in [5.74, 6) is -0.830. The van der Waals surface area contributed by atoms with Crippen molar-refractivity contribution in [1.82, 2.24) is 4.72 Å².